The van der Waals surface area contributed by atoms with E-state index in [1.807, 2.05) is 30.3 Å². The number of non-ortho nitro benzene ring substituents is 1. The lowest BCUT2D eigenvalue weighted by Gasteiger charge is -2.08. The first kappa shape index (κ1) is 18.2. The summed E-state index contributed by atoms with van der Waals surface area (Å²) in [7, 11) is 1.59. The van der Waals surface area contributed by atoms with Gasteiger partial charge in [-0.25, -0.2) is 4.99 Å². The van der Waals surface area contributed by atoms with Crippen molar-refractivity contribution in [2.45, 2.75) is 0 Å². The second-order valence-electron chi connectivity index (χ2n) is 6.36. The van der Waals surface area contributed by atoms with Gasteiger partial charge in [0.25, 0.3) is 5.69 Å². The minimum Gasteiger partial charge on any atom is -0.497 e. The number of hydrogen-bond acceptors (Lipinski definition) is 5. The molecule has 0 bridgehead atoms. The fourth-order valence-corrected chi connectivity index (χ4v) is 3.17. The molecule has 29 heavy (non-hydrogen) atoms. The fraction of sp³-hybridized carbons (Fsp3) is 0.0455. The largest absolute Gasteiger partial charge is 0.497 e. The van der Waals surface area contributed by atoms with Crippen LogP contribution < -0.4 is 4.74 Å². The van der Waals surface area contributed by atoms with Crippen LogP contribution in [-0.4, -0.2) is 27.8 Å². The topological polar surface area (TPSA) is 101 Å². The summed E-state index contributed by atoms with van der Waals surface area (Å²) < 4.78 is 5.19. The van der Waals surface area contributed by atoms with Gasteiger partial charge in [0.05, 0.1) is 29.0 Å². The molecule has 0 amide bonds. The van der Waals surface area contributed by atoms with E-state index in [1.165, 1.54) is 12.1 Å². The Morgan fingerprint density at radius 2 is 1.79 bits per heavy atom. The highest BCUT2D eigenvalue weighted by atomic mass is 16.6. The Kier molecular flexibility index (Phi) is 4.70. The van der Waals surface area contributed by atoms with Crippen LogP contribution in [0, 0.1) is 10.1 Å². The van der Waals surface area contributed by atoms with E-state index in [9.17, 15) is 15.2 Å². The smallest absolute Gasteiger partial charge is 0.270 e. The van der Waals surface area contributed by atoms with Crippen LogP contribution in [0.1, 0.15) is 11.1 Å². The molecule has 0 saturated heterocycles. The molecular weight excluding hydrogens is 370 g/mol. The SMILES string of the molecule is COc1ccc(N=C(c2ccccc2)c2c(O)[nH]c3ccc([N+](=O)[O-])cc23)cc1. The van der Waals surface area contributed by atoms with Crippen molar-refractivity contribution in [2.24, 2.45) is 4.99 Å². The number of benzene rings is 3. The lowest BCUT2D eigenvalue weighted by Crippen LogP contribution is -2.03. The van der Waals surface area contributed by atoms with Crippen LogP contribution in [0.4, 0.5) is 11.4 Å². The van der Waals surface area contributed by atoms with Crippen LogP contribution >= 0.6 is 0 Å². The van der Waals surface area contributed by atoms with Gasteiger partial charge in [0, 0.05) is 28.6 Å². The van der Waals surface area contributed by atoms with Crippen LogP contribution in [0.3, 0.4) is 0 Å². The Balaban J connectivity index is 1.96. The first-order valence-corrected chi connectivity index (χ1v) is 8.84. The van der Waals surface area contributed by atoms with E-state index in [0.29, 0.717) is 33.6 Å². The minimum absolute atomic E-state index is 0.0605. The highest BCUT2D eigenvalue weighted by Gasteiger charge is 2.20. The summed E-state index contributed by atoms with van der Waals surface area (Å²) in [5.74, 6) is 0.604. The Morgan fingerprint density at radius 1 is 1.07 bits per heavy atom. The highest BCUT2D eigenvalue weighted by Crippen LogP contribution is 2.33. The summed E-state index contributed by atoms with van der Waals surface area (Å²) in [5, 5.41) is 22.4. The van der Waals surface area contributed by atoms with Gasteiger partial charge in [-0.05, 0) is 30.3 Å². The minimum atomic E-state index is -0.462. The molecule has 4 rings (SSSR count). The number of aliphatic imine (C=N–C) groups is 1. The van der Waals surface area contributed by atoms with E-state index in [-0.39, 0.29) is 11.6 Å². The molecule has 4 aromatic rings. The summed E-state index contributed by atoms with van der Waals surface area (Å²) in [4.78, 5) is 18.4. The number of nitrogens with one attached hydrogen (secondary N) is 1. The summed E-state index contributed by atoms with van der Waals surface area (Å²) in [6, 6.07) is 21.0. The molecule has 0 unspecified atom stereocenters. The molecule has 0 aliphatic rings. The average Bonchev–Trinajstić information content (AvgIpc) is 3.07. The number of nitro groups is 1. The van der Waals surface area contributed by atoms with Gasteiger partial charge in [-0.15, -0.1) is 0 Å². The van der Waals surface area contributed by atoms with Gasteiger partial charge in [0.1, 0.15) is 5.75 Å². The molecule has 0 aliphatic heterocycles. The van der Waals surface area contributed by atoms with Gasteiger partial charge < -0.3 is 14.8 Å². The van der Waals surface area contributed by atoms with Crippen LogP contribution in [0.5, 0.6) is 11.6 Å². The number of hydrogen-bond donors (Lipinski definition) is 2. The molecule has 0 atom stereocenters. The zero-order chi connectivity index (χ0) is 20.4. The van der Waals surface area contributed by atoms with E-state index < -0.39 is 4.92 Å². The summed E-state index contributed by atoms with van der Waals surface area (Å²) >= 11 is 0. The molecule has 7 heteroatoms. The first-order valence-electron chi connectivity index (χ1n) is 8.84. The van der Waals surface area contributed by atoms with Gasteiger partial charge in [-0.1, -0.05) is 30.3 Å². The maximum absolute atomic E-state index is 11.2. The predicted molar refractivity (Wildman–Crippen MR) is 111 cm³/mol. The second-order valence-corrected chi connectivity index (χ2v) is 6.36. The maximum atomic E-state index is 11.2. The third kappa shape index (κ3) is 3.53. The molecular formula is C22H17N3O4. The molecule has 0 radical (unpaired) electrons. The molecule has 1 aromatic heterocycles. The molecule has 0 spiro atoms. The van der Waals surface area contributed by atoms with E-state index in [4.69, 9.17) is 9.73 Å². The summed E-state index contributed by atoms with van der Waals surface area (Å²) in [6.45, 7) is 0. The highest BCUT2D eigenvalue weighted by molar-refractivity contribution is 6.22. The lowest BCUT2D eigenvalue weighted by molar-refractivity contribution is -0.384. The Labute approximate surface area is 166 Å². The number of rotatable bonds is 5. The van der Waals surface area contributed by atoms with Crippen LogP contribution in [0.25, 0.3) is 10.9 Å². The zero-order valence-electron chi connectivity index (χ0n) is 15.5. The molecule has 2 N–H and O–H groups in total. The van der Waals surface area contributed by atoms with Crippen molar-refractivity contribution in [1.29, 1.82) is 0 Å². The van der Waals surface area contributed by atoms with E-state index in [0.717, 1.165) is 5.56 Å². The number of aromatic nitrogens is 1. The van der Waals surface area contributed by atoms with Gasteiger partial charge in [0.2, 0.25) is 0 Å². The van der Waals surface area contributed by atoms with Crippen molar-refractivity contribution >= 4 is 28.0 Å². The van der Waals surface area contributed by atoms with Crippen LogP contribution in [0.15, 0.2) is 77.8 Å². The number of methoxy groups -OCH3 is 1. The molecule has 144 valence electrons. The molecule has 1 heterocycles. The number of nitrogens with zero attached hydrogens (tertiary/aromatic N) is 2. The molecule has 0 fully saturated rings. The van der Waals surface area contributed by atoms with E-state index in [1.54, 1.807) is 37.4 Å². The van der Waals surface area contributed by atoms with Gasteiger partial charge in [0.15, 0.2) is 5.88 Å². The van der Waals surface area contributed by atoms with Gasteiger partial charge >= 0.3 is 0 Å². The Bertz CT molecular complexity index is 1210. The second kappa shape index (κ2) is 7.47. The molecule has 7 nitrogen and oxygen atoms in total. The third-order valence-corrected chi connectivity index (χ3v) is 4.57. The molecule has 0 saturated carbocycles. The number of ether oxygens (including phenoxy) is 1. The monoisotopic (exact) mass is 387 g/mol. The molecule has 3 aromatic carbocycles. The predicted octanol–water partition coefficient (Wildman–Crippen LogP) is 4.96. The Hall–Kier alpha value is -4.13. The van der Waals surface area contributed by atoms with Crippen molar-refractivity contribution in [3.8, 4) is 11.6 Å². The van der Waals surface area contributed by atoms with E-state index >= 15 is 0 Å². The van der Waals surface area contributed by atoms with Gasteiger partial charge in [-0.2, -0.15) is 0 Å². The average molecular weight is 387 g/mol. The van der Waals surface area contributed by atoms with Crippen molar-refractivity contribution in [2.75, 3.05) is 7.11 Å². The number of nitro benzene ring substituents is 1. The lowest BCUT2D eigenvalue weighted by atomic mass is 10.0. The quantitative estimate of drug-likeness (QED) is 0.287. The number of H-pyrrole nitrogens is 1. The number of fused-ring (bicyclic) bond motifs is 1. The third-order valence-electron chi connectivity index (χ3n) is 4.57. The Morgan fingerprint density at radius 3 is 2.45 bits per heavy atom. The fourth-order valence-electron chi connectivity index (χ4n) is 3.17. The number of aromatic hydroxyl groups is 1. The van der Waals surface area contributed by atoms with Crippen molar-refractivity contribution in [3.05, 3.63) is 94.0 Å². The summed E-state index contributed by atoms with van der Waals surface area (Å²) in [5.41, 5.74) is 2.86. The van der Waals surface area contributed by atoms with Gasteiger partial charge in [-0.3, -0.25) is 10.1 Å². The normalized spacial score (nSPS) is 11.6. The maximum Gasteiger partial charge on any atom is 0.270 e. The molecule has 0 aliphatic carbocycles. The number of aromatic amines is 1. The van der Waals surface area contributed by atoms with Crippen molar-refractivity contribution < 1.29 is 14.8 Å². The van der Waals surface area contributed by atoms with Crippen molar-refractivity contribution in [3.63, 3.8) is 0 Å². The van der Waals surface area contributed by atoms with Crippen molar-refractivity contribution in [1.82, 2.24) is 4.98 Å². The van der Waals surface area contributed by atoms with Crippen LogP contribution in [-0.2, 0) is 0 Å². The van der Waals surface area contributed by atoms with Crippen LogP contribution in [0.2, 0.25) is 0 Å². The van der Waals surface area contributed by atoms with E-state index in [2.05, 4.69) is 4.98 Å². The summed E-state index contributed by atoms with van der Waals surface area (Å²) in [6.07, 6.45) is 0. The first-order chi connectivity index (χ1) is 14.1. The standard InChI is InChI=1S/C22H17N3O4/c1-29-17-10-7-15(8-11-17)23-21(14-5-3-2-4-6-14)20-18-13-16(25(27)28)9-12-19(18)24-22(20)26/h2-13,24,26H,1H3. The zero-order valence-corrected chi connectivity index (χ0v) is 15.5.